The molecule has 3 aromatic carbocycles. The van der Waals surface area contributed by atoms with Crippen LogP contribution in [-0.4, -0.2) is 36.7 Å². The molecule has 0 bridgehead atoms. The number of anilines is 2. The fourth-order valence-electron chi connectivity index (χ4n) is 3.87. The van der Waals surface area contributed by atoms with Gasteiger partial charge >= 0.3 is 0 Å². The number of carbonyl (C=O) groups is 1. The molecule has 1 aliphatic heterocycles. The second-order valence-corrected chi connectivity index (χ2v) is 9.19. The van der Waals surface area contributed by atoms with E-state index in [0.717, 1.165) is 44.3 Å². The molecule has 0 radical (unpaired) electrons. The highest BCUT2D eigenvalue weighted by Crippen LogP contribution is 2.43. The first-order chi connectivity index (χ1) is 16.0. The van der Waals surface area contributed by atoms with E-state index in [9.17, 15) is 4.79 Å². The van der Waals surface area contributed by atoms with E-state index >= 15 is 0 Å². The average molecular weight is 457 g/mol. The van der Waals surface area contributed by atoms with Gasteiger partial charge in [0.2, 0.25) is 5.82 Å². The molecule has 0 atom stereocenters. The summed E-state index contributed by atoms with van der Waals surface area (Å²) in [6.07, 6.45) is 0.876. The summed E-state index contributed by atoms with van der Waals surface area (Å²) >= 11 is 1.60. The average Bonchev–Trinajstić information content (AvgIpc) is 3.29. The van der Waals surface area contributed by atoms with Crippen LogP contribution in [0.15, 0.2) is 81.0 Å². The van der Waals surface area contributed by atoms with Crippen LogP contribution in [0.3, 0.4) is 0 Å². The Bertz CT molecular complexity index is 1310. The minimum Gasteiger partial charge on any atom is -0.378 e. The highest BCUT2D eigenvalue weighted by Gasteiger charge is 2.27. The van der Waals surface area contributed by atoms with Crippen molar-refractivity contribution in [2.75, 3.05) is 30.4 Å². The number of hydrogen-bond donors (Lipinski definition) is 0. The molecule has 0 fully saturated rings. The highest BCUT2D eigenvalue weighted by molar-refractivity contribution is 7.99. The SMILES string of the molecule is CCCN1C(=O)c2ccccc2Sc2cc(-c3noc(-c4ccc(N(C)C)cc4)n3)ccc21. The maximum absolute atomic E-state index is 13.2. The zero-order chi connectivity index (χ0) is 22.9. The van der Waals surface area contributed by atoms with E-state index in [0.29, 0.717) is 18.3 Å². The van der Waals surface area contributed by atoms with Gasteiger partial charge in [-0.3, -0.25) is 4.79 Å². The lowest BCUT2D eigenvalue weighted by Crippen LogP contribution is -2.31. The number of rotatable bonds is 5. The second kappa shape index (κ2) is 8.75. The number of nitrogens with zero attached hydrogens (tertiary/aromatic N) is 4. The zero-order valence-corrected chi connectivity index (χ0v) is 19.6. The summed E-state index contributed by atoms with van der Waals surface area (Å²) in [6.45, 7) is 2.74. The van der Waals surface area contributed by atoms with Gasteiger partial charge in [-0.15, -0.1) is 0 Å². The van der Waals surface area contributed by atoms with E-state index in [2.05, 4.69) is 17.1 Å². The number of carbonyl (C=O) groups excluding carboxylic acids is 1. The molecule has 0 saturated heterocycles. The van der Waals surface area contributed by atoms with Gasteiger partial charge in [0, 0.05) is 47.2 Å². The van der Waals surface area contributed by atoms with Gasteiger partial charge < -0.3 is 14.3 Å². The molecule has 2 heterocycles. The van der Waals surface area contributed by atoms with Gasteiger partial charge in [-0.2, -0.15) is 4.98 Å². The maximum Gasteiger partial charge on any atom is 0.259 e. The Kier molecular flexibility index (Phi) is 5.64. The minimum atomic E-state index is 0.0365. The van der Waals surface area contributed by atoms with Crippen molar-refractivity contribution < 1.29 is 9.32 Å². The molecule has 6 nitrogen and oxygen atoms in total. The van der Waals surface area contributed by atoms with Crippen LogP contribution in [0.25, 0.3) is 22.8 Å². The Balaban J connectivity index is 1.51. The number of aromatic nitrogens is 2. The van der Waals surface area contributed by atoms with Crippen molar-refractivity contribution in [3.63, 3.8) is 0 Å². The van der Waals surface area contributed by atoms with Crippen molar-refractivity contribution in [1.29, 1.82) is 0 Å². The lowest BCUT2D eigenvalue weighted by Gasteiger charge is -2.22. The quantitative estimate of drug-likeness (QED) is 0.368. The molecule has 0 saturated carbocycles. The monoisotopic (exact) mass is 456 g/mol. The molecule has 166 valence electrons. The molecule has 1 aliphatic rings. The fraction of sp³-hybridized carbons (Fsp3) is 0.192. The van der Waals surface area contributed by atoms with Crippen LogP contribution in [0.4, 0.5) is 11.4 Å². The van der Waals surface area contributed by atoms with Crippen molar-refractivity contribution >= 4 is 29.0 Å². The van der Waals surface area contributed by atoms with Gasteiger partial charge in [-0.1, -0.05) is 36.0 Å². The van der Waals surface area contributed by atoms with Crippen molar-refractivity contribution in [2.24, 2.45) is 0 Å². The van der Waals surface area contributed by atoms with Crippen LogP contribution < -0.4 is 9.80 Å². The molecule has 33 heavy (non-hydrogen) atoms. The van der Waals surface area contributed by atoms with Gasteiger partial charge in [-0.05, 0) is 61.0 Å². The van der Waals surface area contributed by atoms with Gasteiger partial charge in [0.05, 0.1) is 11.3 Å². The third-order valence-corrected chi connectivity index (χ3v) is 6.72. The topological polar surface area (TPSA) is 62.5 Å². The van der Waals surface area contributed by atoms with Gasteiger partial charge in [-0.25, -0.2) is 0 Å². The Hall–Kier alpha value is -3.58. The van der Waals surface area contributed by atoms with Crippen LogP contribution in [0.5, 0.6) is 0 Å². The molecular formula is C26H24N4O2S. The third kappa shape index (κ3) is 4.00. The molecule has 0 unspecified atom stereocenters. The van der Waals surface area contributed by atoms with Crippen LogP contribution in [0.2, 0.25) is 0 Å². The lowest BCUT2D eigenvalue weighted by atomic mass is 10.1. The molecule has 0 N–H and O–H groups in total. The maximum atomic E-state index is 13.2. The lowest BCUT2D eigenvalue weighted by molar-refractivity contribution is 0.0984. The normalized spacial score (nSPS) is 12.8. The predicted octanol–water partition coefficient (Wildman–Crippen LogP) is 5.99. The van der Waals surface area contributed by atoms with E-state index < -0.39 is 0 Å². The van der Waals surface area contributed by atoms with Crippen LogP contribution >= 0.6 is 11.8 Å². The summed E-state index contributed by atoms with van der Waals surface area (Å²) in [5, 5.41) is 4.22. The second-order valence-electron chi connectivity index (χ2n) is 8.10. The first-order valence-electron chi connectivity index (χ1n) is 10.9. The van der Waals surface area contributed by atoms with Crippen molar-refractivity contribution in [3.8, 4) is 22.8 Å². The van der Waals surface area contributed by atoms with Crippen LogP contribution in [0, 0.1) is 0 Å². The largest absolute Gasteiger partial charge is 0.378 e. The molecule has 0 spiro atoms. The highest BCUT2D eigenvalue weighted by atomic mass is 32.2. The molecule has 0 aliphatic carbocycles. The number of amides is 1. The van der Waals surface area contributed by atoms with Crippen LogP contribution in [0.1, 0.15) is 23.7 Å². The van der Waals surface area contributed by atoms with E-state index in [1.807, 2.05) is 90.6 Å². The van der Waals surface area contributed by atoms with Crippen molar-refractivity contribution in [2.45, 2.75) is 23.1 Å². The molecule has 4 aromatic rings. The summed E-state index contributed by atoms with van der Waals surface area (Å²) in [5.41, 5.74) is 4.47. The van der Waals surface area contributed by atoms with E-state index in [-0.39, 0.29) is 5.91 Å². The number of hydrogen-bond acceptors (Lipinski definition) is 6. The van der Waals surface area contributed by atoms with Crippen LogP contribution in [-0.2, 0) is 0 Å². The summed E-state index contributed by atoms with van der Waals surface area (Å²) in [5.74, 6) is 1.04. The first kappa shape index (κ1) is 21.3. The summed E-state index contributed by atoms with van der Waals surface area (Å²) < 4.78 is 5.56. The van der Waals surface area contributed by atoms with E-state index in [1.54, 1.807) is 11.8 Å². The summed E-state index contributed by atoms with van der Waals surface area (Å²) in [7, 11) is 4.01. The molecular weight excluding hydrogens is 432 g/mol. The Morgan fingerprint density at radius 2 is 1.73 bits per heavy atom. The first-order valence-corrected chi connectivity index (χ1v) is 11.7. The zero-order valence-electron chi connectivity index (χ0n) is 18.8. The van der Waals surface area contributed by atoms with Crippen molar-refractivity contribution in [3.05, 3.63) is 72.3 Å². The van der Waals surface area contributed by atoms with Gasteiger partial charge in [0.25, 0.3) is 11.8 Å². The number of benzene rings is 3. The Morgan fingerprint density at radius 1 is 0.970 bits per heavy atom. The Labute approximate surface area is 197 Å². The molecule has 7 heteroatoms. The third-order valence-electron chi connectivity index (χ3n) is 5.60. The summed E-state index contributed by atoms with van der Waals surface area (Å²) in [4.78, 5) is 23.7. The van der Waals surface area contributed by atoms with Crippen molar-refractivity contribution in [1.82, 2.24) is 10.1 Å². The minimum absolute atomic E-state index is 0.0365. The molecule has 5 rings (SSSR count). The number of fused-ring (bicyclic) bond motifs is 2. The Morgan fingerprint density at radius 3 is 2.48 bits per heavy atom. The van der Waals surface area contributed by atoms with Gasteiger partial charge in [0.15, 0.2) is 0 Å². The van der Waals surface area contributed by atoms with E-state index in [1.165, 1.54) is 0 Å². The smallest absolute Gasteiger partial charge is 0.259 e. The summed E-state index contributed by atoms with van der Waals surface area (Å²) in [6, 6.07) is 21.7. The van der Waals surface area contributed by atoms with Gasteiger partial charge in [0.1, 0.15) is 0 Å². The predicted molar refractivity (Wildman–Crippen MR) is 132 cm³/mol. The fourth-order valence-corrected chi connectivity index (χ4v) is 4.99. The molecule has 1 amide bonds. The standard InChI is InChI=1S/C26H24N4O2S/c1-4-15-30-21-14-11-18(16-23(21)33-22-8-6-5-7-20(22)26(30)31)24-27-25(32-28-24)17-9-12-19(13-10-17)29(2)3/h5-14,16H,4,15H2,1-3H3. The van der Waals surface area contributed by atoms with E-state index in [4.69, 9.17) is 4.52 Å². The molecule has 1 aromatic heterocycles.